The molecule has 196 valence electrons. The van der Waals surface area contributed by atoms with E-state index < -0.39 is 0 Å². The summed E-state index contributed by atoms with van der Waals surface area (Å²) in [4.78, 5) is 31.6. The molecule has 3 aromatic rings. The van der Waals surface area contributed by atoms with Gasteiger partial charge in [0.1, 0.15) is 6.54 Å². The van der Waals surface area contributed by atoms with Gasteiger partial charge in [-0.1, -0.05) is 44.0 Å². The van der Waals surface area contributed by atoms with Gasteiger partial charge in [0.05, 0.1) is 6.54 Å². The number of ether oxygens (including phenoxy) is 2. The summed E-state index contributed by atoms with van der Waals surface area (Å²) in [7, 11) is 0. The van der Waals surface area contributed by atoms with E-state index >= 15 is 0 Å². The smallest absolute Gasteiger partial charge is 0.322 e. The second-order valence-corrected chi connectivity index (χ2v) is 10.7. The van der Waals surface area contributed by atoms with Crippen LogP contribution in [0.5, 0.6) is 11.5 Å². The molecule has 3 amide bonds. The van der Waals surface area contributed by atoms with Crippen molar-refractivity contribution in [2.75, 3.05) is 25.2 Å². The number of thiophene rings is 1. The lowest BCUT2D eigenvalue weighted by Gasteiger charge is -2.29. The number of hydrogen-bond donors (Lipinski definition) is 1. The Bertz CT molecular complexity index is 1220. The Morgan fingerprint density at radius 2 is 1.76 bits per heavy atom. The second kappa shape index (κ2) is 12.1. The fourth-order valence-electron chi connectivity index (χ4n) is 4.06. The highest BCUT2D eigenvalue weighted by Crippen LogP contribution is 2.33. The number of carbonyl (C=O) groups is 2. The molecule has 0 saturated heterocycles. The molecule has 1 aromatic heterocycles. The number of anilines is 1. The topological polar surface area (TPSA) is 71.1 Å². The molecule has 0 saturated carbocycles. The molecular weight excluding hydrogens is 486 g/mol. The van der Waals surface area contributed by atoms with Crippen molar-refractivity contribution in [3.8, 4) is 11.5 Å². The first-order valence-electron chi connectivity index (χ1n) is 12.6. The van der Waals surface area contributed by atoms with E-state index in [9.17, 15) is 9.59 Å². The lowest BCUT2D eigenvalue weighted by atomic mass is 10.1. The van der Waals surface area contributed by atoms with E-state index in [1.54, 1.807) is 16.2 Å². The van der Waals surface area contributed by atoms with Gasteiger partial charge in [-0.15, -0.1) is 11.3 Å². The molecular formula is C29H35N3O4S. The molecule has 1 atom stereocenters. The zero-order valence-corrected chi connectivity index (χ0v) is 22.8. The first-order chi connectivity index (χ1) is 17.8. The van der Waals surface area contributed by atoms with E-state index in [0.717, 1.165) is 28.0 Å². The summed E-state index contributed by atoms with van der Waals surface area (Å²) in [5.74, 6) is 1.56. The minimum Gasteiger partial charge on any atom is -0.454 e. The predicted octanol–water partition coefficient (Wildman–Crippen LogP) is 6.20. The molecule has 8 heteroatoms. The third-order valence-corrected chi connectivity index (χ3v) is 7.62. The van der Waals surface area contributed by atoms with Crippen molar-refractivity contribution in [2.24, 2.45) is 5.92 Å². The first kappa shape index (κ1) is 26.5. The molecule has 7 nitrogen and oxygen atoms in total. The average Bonchev–Trinajstić information content (AvgIpc) is 3.52. The van der Waals surface area contributed by atoms with Crippen LogP contribution in [0.2, 0.25) is 0 Å². The maximum absolute atomic E-state index is 13.8. The molecule has 2 aromatic carbocycles. The number of amides is 3. The Kier molecular flexibility index (Phi) is 8.71. The van der Waals surface area contributed by atoms with Crippen molar-refractivity contribution < 1.29 is 19.1 Å². The Morgan fingerprint density at radius 3 is 2.46 bits per heavy atom. The standard InChI is InChI=1S/C29H35N3O4S/c1-5-20(2)15-32(29(34)30-24-9-6-21(3)7-10-24)18-28(33)31(17-27-22(4)12-13-37-27)16-23-8-11-25-26(14-23)36-19-35-25/h6-14,20H,5,15-19H2,1-4H3,(H,30,34). The molecule has 0 radical (unpaired) electrons. The number of hydrogen-bond acceptors (Lipinski definition) is 5. The highest BCUT2D eigenvalue weighted by molar-refractivity contribution is 7.10. The summed E-state index contributed by atoms with van der Waals surface area (Å²) in [5.41, 5.74) is 3.93. The van der Waals surface area contributed by atoms with Crippen molar-refractivity contribution in [1.82, 2.24) is 9.80 Å². The number of carbonyl (C=O) groups excluding carboxylic acids is 2. The third-order valence-electron chi connectivity index (χ3n) is 6.61. The number of fused-ring (bicyclic) bond motifs is 1. The Balaban J connectivity index is 1.53. The quantitative estimate of drug-likeness (QED) is 0.345. The monoisotopic (exact) mass is 521 g/mol. The summed E-state index contributed by atoms with van der Waals surface area (Å²) < 4.78 is 11.0. The van der Waals surface area contributed by atoms with Crippen LogP contribution in [0.1, 0.15) is 41.8 Å². The van der Waals surface area contributed by atoms with Crippen LogP contribution in [0.25, 0.3) is 0 Å². The largest absolute Gasteiger partial charge is 0.454 e. The summed E-state index contributed by atoms with van der Waals surface area (Å²) in [6.07, 6.45) is 0.914. The maximum Gasteiger partial charge on any atom is 0.322 e. The molecule has 1 unspecified atom stereocenters. The van der Waals surface area contributed by atoms with Gasteiger partial charge in [0, 0.05) is 23.7 Å². The predicted molar refractivity (Wildman–Crippen MR) is 147 cm³/mol. The molecule has 1 aliphatic heterocycles. The average molecular weight is 522 g/mol. The molecule has 1 aliphatic rings. The first-order valence-corrected chi connectivity index (χ1v) is 13.5. The van der Waals surface area contributed by atoms with Crippen molar-refractivity contribution in [1.29, 1.82) is 0 Å². The Morgan fingerprint density at radius 1 is 1.00 bits per heavy atom. The van der Waals surface area contributed by atoms with Crippen LogP contribution in [0.3, 0.4) is 0 Å². The van der Waals surface area contributed by atoms with E-state index in [0.29, 0.717) is 36.8 Å². The zero-order valence-electron chi connectivity index (χ0n) is 22.0. The number of nitrogens with zero attached hydrogens (tertiary/aromatic N) is 2. The molecule has 0 bridgehead atoms. The van der Waals surface area contributed by atoms with E-state index in [1.807, 2.05) is 59.7 Å². The fourth-order valence-corrected chi connectivity index (χ4v) is 4.98. The minimum atomic E-state index is -0.271. The van der Waals surface area contributed by atoms with Gasteiger partial charge >= 0.3 is 6.03 Å². The van der Waals surface area contributed by atoms with Crippen molar-refractivity contribution >= 4 is 29.0 Å². The number of aryl methyl sites for hydroxylation is 2. The van der Waals surface area contributed by atoms with Gasteiger partial charge in [-0.3, -0.25) is 4.79 Å². The Labute approximate surface area is 223 Å². The lowest BCUT2D eigenvalue weighted by molar-refractivity contribution is -0.133. The molecule has 37 heavy (non-hydrogen) atoms. The van der Waals surface area contributed by atoms with Crippen molar-refractivity contribution in [3.63, 3.8) is 0 Å². The van der Waals surface area contributed by atoms with Gasteiger partial charge in [0.15, 0.2) is 11.5 Å². The van der Waals surface area contributed by atoms with E-state index in [4.69, 9.17) is 9.47 Å². The summed E-state index contributed by atoms with van der Waals surface area (Å²) in [6, 6.07) is 15.2. The van der Waals surface area contributed by atoms with Gasteiger partial charge < -0.3 is 24.6 Å². The van der Waals surface area contributed by atoms with Crippen LogP contribution in [-0.4, -0.2) is 41.6 Å². The van der Waals surface area contributed by atoms with Crippen LogP contribution < -0.4 is 14.8 Å². The van der Waals surface area contributed by atoms with Gasteiger partial charge in [-0.2, -0.15) is 0 Å². The van der Waals surface area contributed by atoms with Gasteiger partial charge in [-0.05, 0) is 66.6 Å². The molecule has 0 spiro atoms. The third kappa shape index (κ3) is 7.04. The fraction of sp³-hybridized carbons (Fsp3) is 0.379. The van der Waals surface area contributed by atoms with Crippen molar-refractivity contribution in [3.05, 3.63) is 75.5 Å². The second-order valence-electron chi connectivity index (χ2n) is 9.65. The van der Waals surface area contributed by atoms with Crippen LogP contribution in [0.15, 0.2) is 53.9 Å². The van der Waals surface area contributed by atoms with E-state index in [-0.39, 0.29) is 31.2 Å². The van der Waals surface area contributed by atoms with Gasteiger partial charge in [0.2, 0.25) is 12.7 Å². The lowest BCUT2D eigenvalue weighted by Crippen LogP contribution is -2.45. The number of nitrogens with one attached hydrogen (secondary N) is 1. The minimum absolute atomic E-state index is 0.00297. The van der Waals surface area contributed by atoms with Gasteiger partial charge in [0.25, 0.3) is 0 Å². The highest BCUT2D eigenvalue weighted by atomic mass is 32.1. The number of benzene rings is 2. The maximum atomic E-state index is 13.8. The van der Waals surface area contributed by atoms with Crippen LogP contribution in [0.4, 0.5) is 10.5 Å². The van der Waals surface area contributed by atoms with Crippen LogP contribution in [-0.2, 0) is 17.9 Å². The van der Waals surface area contributed by atoms with Crippen LogP contribution in [0, 0.1) is 19.8 Å². The van der Waals surface area contributed by atoms with Crippen molar-refractivity contribution in [2.45, 2.75) is 47.2 Å². The summed E-state index contributed by atoms with van der Waals surface area (Å²) in [5, 5.41) is 5.00. The molecule has 0 aliphatic carbocycles. The highest BCUT2D eigenvalue weighted by Gasteiger charge is 2.24. The SMILES string of the molecule is CCC(C)CN(CC(=O)N(Cc1ccc2c(c1)OCO2)Cc1sccc1C)C(=O)Nc1ccc(C)cc1. The number of rotatable bonds is 10. The molecule has 1 N–H and O–H groups in total. The van der Waals surface area contributed by atoms with E-state index in [2.05, 4.69) is 32.2 Å². The molecule has 0 fully saturated rings. The summed E-state index contributed by atoms with van der Waals surface area (Å²) >= 11 is 1.64. The van der Waals surface area contributed by atoms with E-state index in [1.165, 1.54) is 0 Å². The van der Waals surface area contributed by atoms with Crippen LogP contribution >= 0.6 is 11.3 Å². The van der Waals surface area contributed by atoms with Gasteiger partial charge in [-0.25, -0.2) is 4.79 Å². The Hall–Kier alpha value is -3.52. The zero-order chi connectivity index (χ0) is 26.4. The number of urea groups is 1. The summed E-state index contributed by atoms with van der Waals surface area (Å²) in [6.45, 7) is 9.83. The molecule has 4 rings (SSSR count). The normalized spacial score (nSPS) is 12.8. The molecule has 2 heterocycles.